The highest BCUT2D eigenvalue weighted by Crippen LogP contribution is 2.35. The second kappa shape index (κ2) is 7.02. The number of nitrogens with zero attached hydrogens (tertiary/aromatic N) is 2. The molecule has 1 aromatic heterocycles. The van der Waals surface area contributed by atoms with E-state index in [0.29, 0.717) is 18.3 Å². The van der Waals surface area contributed by atoms with Crippen LogP contribution in [0.1, 0.15) is 36.4 Å². The Morgan fingerprint density at radius 1 is 1.23 bits per heavy atom. The fourth-order valence-electron chi connectivity index (χ4n) is 2.35. The Balaban J connectivity index is 1.46. The smallest absolute Gasteiger partial charge is 0.325 e. The van der Waals surface area contributed by atoms with Gasteiger partial charge in [0, 0.05) is 17.7 Å². The molecule has 0 saturated heterocycles. The molecular weight excluding hydrogens is 278 g/mol. The van der Waals surface area contributed by atoms with Crippen molar-refractivity contribution in [3.05, 3.63) is 54.0 Å². The van der Waals surface area contributed by atoms with Crippen LogP contribution >= 0.6 is 0 Å². The van der Waals surface area contributed by atoms with Crippen LogP contribution in [-0.4, -0.2) is 22.5 Å². The van der Waals surface area contributed by atoms with Crippen molar-refractivity contribution in [1.29, 1.82) is 0 Å². The van der Waals surface area contributed by atoms with Crippen LogP contribution in [0.3, 0.4) is 0 Å². The third-order valence-corrected chi connectivity index (χ3v) is 3.87. The average Bonchev–Trinajstić information content (AvgIpc) is 2.51. The van der Waals surface area contributed by atoms with Crippen LogP contribution in [0.4, 0.5) is 5.82 Å². The number of nitrogens with one attached hydrogen (secondary N) is 1. The summed E-state index contributed by atoms with van der Waals surface area (Å²) >= 11 is 0. The lowest BCUT2D eigenvalue weighted by Crippen LogP contribution is -2.18. The molecule has 0 spiro atoms. The zero-order valence-electron chi connectivity index (χ0n) is 12.4. The highest BCUT2D eigenvalue weighted by molar-refractivity contribution is 5.74. The normalized spacial score (nSPS) is 14.2. The van der Waals surface area contributed by atoms with Crippen LogP contribution < -0.4 is 5.32 Å². The highest BCUT2D eigenvalue weighted by Gasteiger charge is 2.21. The Morgan fingerprint density at radius 3 is 2.77 bits per heavy atom. The Morgan fingerprint density at radius 2 is 2.05 bits per heavy atom. The minimum Gasteiger partial charge on any atom is -0.460 e. The van der Waals surface area contributed by atoms with Crippen molar-refractivity contribution >= 4 is 11.8 Å². The molecule has 1 heterocycles. The van der Waals surface area contributed by atoms with Crippen molar-refractivity contribution in [3.63, 3.8) is 0 Å². The number of ether oxygens (including phenoxy) is 1. The SMILES string of the molecule is O=C(CNc1cc(C2CCC2)ncn1)OCc1ccccc1. The van der Waals surface area contributed by atoms with Gasteiger partial charge >= 0.3 is 5.97 Å². The van der Waals surface area contributed by atoms with Gasteiger partial charge in [-0.05, 0) is 18.4 Å². The van der Waals surface area contributed by atoms with E-state index in [1.54, 1.807) is 6.33 Å². The maximum atomic E-state index is 11.7. The van der Waals surface area contributed by atoms with E-state index in [1.807, 2.05) is 36.4 Å². The van der Waals surface area contributed by atoms with Crippen molar-refractivity contribution in [2.24, 2.45) is 0 Å². The standard InChI is InChI=1S/C17H19N3O2/c21-17(22-11-13-5-2-1-3-6-13)10-18-16-9-15(19-12-20-16)14-7-4-8-14/h1-3,5-6,9,12,14H,4,7-8,10-11H2,(H,18,19,20). The summed E-state index contributed by atoms with van der Waals surface area (Å²) in [5.74, 6) is 0.926. The van der Waals surface area contributed by atoms with E-state index in [0.717, 1.165) is 11.3 Å². The third-order valence-electron chi connectivity index (χ3n) is 3.87. The van der Waals surface area contributed by atoms with Crippen molar-refractivity contribution < 1.29 is 9.53 Å². The van der Waals surface area contributed by atoms with Gasteiger partial charge in [0.05, 0.1) is 0 Å². The van der Waals surface area contributed by atoms with E-state index in [2.05, 4.69) is 15.3 Å². The Kier molecular flexibility index (Phi) is 4.63. The second-order valence-electron chi connectivity index (χ2n) is 5.46. The van der Waals surface area contributed by atoms with Crippen molar-refractivity contribution in [2.45, 2.75) is 31.8 Å². The number of esters is 1. The molecule has 0 unspecified atom stereocenters. The Hall–Kier alpha value is -2.43. The lowest BCUT2D eigenvalue weighted by molar-refractivity contribution is -0.142. The predicted octanol–water partition coefficient (Wildman–Crippen LogP) is 2.90. The van der Waals surface area contributed by atoms with Crippen LogP contribution in [0, 0.1) is 0 Å². The fraction of sp³-hybridized carbons (Fsp3) is 0.353. The number of aromatic nitrogens is 2. The number of hydrogen-bond acceptors (Lipinski definition) is 5. The van der Waals surface area contributed by atoms with E-state index < -0.39 is 0 Å². The first-order valence-corrected chi connectivity index (χ1v) is 7.56. The van der Waals surface area contributed by atoms with Gasteiger partial charge in [-0.2, -0.15) is 0 Å². The molecule has 1 fully saturated rings. The number of hydrogen-bond donors (Lipinski definition) is 1. The zero-order valence-corrected chi connectivity index (χ0v) is 12.4. The summed E-state index contributed by atoms with van der Waals surface area (Å²) in [6.45, 7) is 0.395. The molecule has 0 amide bonds. The van der Waals surface area contributed by atoms with Crippen LogP contribution in [0.15, 0.2) is 42.7 Å². The van der Waals surface area contributed by atoms with Gasteiger partial charge in [-0.25, -0.2) is 9.97 Å². The van der Waals surface area contributed by atoms with Crippen LogP contribution in [0.2, 0.25) is 0 Å². The van der Waals surface area contributed by atoms with E-state index in [9.17, 15) is 4.79 Å². The van der Waals surface area contributed by atoms with Gasteiger partial charge in [0.15, 0.2) is 0 Å². The lowest BCUT2D eigenvalue weighted by Gasteiger charge is -2.24. The molecule has 1 aromatic carbocycles. The minimum atomic E-state index is -0.298. The first kappa shape index (κ1) is 14.5. The summed E-state index contributed by atoms with van der Waals surface area (Å²) in [6, 6.07) is 11.6. The summed E-state index contributed by atoms with van der Waals surface area (Å²) in [4.78, 5) is 20.2. The molecule has 0 radical (unpaired) electrons. The van der Waals surface area contributed by atoms with E-state index in [4.69, 9.17) is 4.74 Å². The lowest BCUT2D eigenvalue weighted by atomic mass is 9.83. The van der Waals surface area contributed by atoms with Gasteiger partial charge in [0.2, 0.25) is 0 Å². The molecule has 0 atom stereocenters. The summed E-state index contributed by atoms with van der Waals surface area (Å²) in [5, 5.41) is 3.00. The summed E-state index contributed by atoms with van der Waals surface area (Å²) < 4.78 is 5.22. The maximum Gasteiger partial charge on any atom is 0.325 e. The molecule has 5 nitrogen and oxygen atoms in total. The number of carbonyl (C=O) groups excluding carboxylic acids is 1. The third kappa shape index (κ3) is 3.81. The summed E-state index contributed by atoms with van der Waals surface area (Å²) in [7, 11) is 0. The van der Waals surface area contributed by atoms with E-state index >= 15 is 0 Å². The molecule has 5 heteroatoms. The molecule has 2 aromatic rings. The first-order valence-electron chi connectivity index (χ1n) is 7.56. The van der Waals surface area contributed by atoms with E-state index in [-0.39, 0.29) is 12.5 Å². The maximum absolute atomic E-state index is 11.7. The summed E-state index contributed by atoms with van der Waals surface area (Å²) in [6.07, 6.45) is 5.19. The highest BCUT2D eigenvalue weighted by atomic mass is 16.5. The number of benzene rings is 1. The molecule has 0 aliphatic heterocycles. The first-order chi connectivity index (χ1) is 10.8. The van der Waals surface area contributed by atoms with Crippen molar-refractivity contribution in [2.75, 3.05) is 11.9 Å². The molecule has 114 valence electrons. The molecular formula is C17H19N3O2. The van der Waals surface area contributed by atoms with E-state index in [1.165, 1.54) is 19.3 Å². The Labute approximate surface area is 129 Å². The monoisotopic (exact) mass is 297 g/mol. The zero-order chi connectivity index (χ0) is 15.2. The van der Waals surface area contributed by atoms with Gasteiger partial charge in [-0.15, -0.1) is 0 Å². The van der Waals surface area contributed by atoms with Gasteiger partial charge in [0.25, 0.3) is 0 Å². The predicted molar refractivity (Wildman–Crippen MR) is 83.4 cm³/mol. The molecule has 1 aliphatic rings. The molecule has 1 N–H and O–H groups in total. The quantitative estimate of drug-likeness (QED) is 0.831. The van der Waals surface area contributed by atoms with Crippen LogP contribution in [-0.2, 0) is 16.1 Å². The van der Waals surface area contributed by atoms with Crippen LogP contribution in [0.25, 0.3) is 0 Å². The molecule has 22 heavy (non-hydrogen) atoms. The van der Waals surface area contributed by atoms with Crippen LogP contribution in [0.5, 0.6) is 0 Å². The van der Waals surface area contributed by atoms with Gasteiger partial charge in [0.1, 0.15) is 25.3 Å². The average molecular weight is 297 g/mol. The molecule has 1 aliphatic carbocycles. The number of anilines is 1. The minimum absolute atomic E-state index is 0.105. The van der Waals surface area contributed by atoms with Crippen molar-refractivity contribution in [1.82, 2.24) is 9.97 Å². The second-order valence-corrected chi connectivity index (χ2v) is 5.46. The van der Waals surface area contributed by atoms with Gasteiger partial charge in [-0.1, -0.05) is 36.8 Å². The van der Waals surface area contributed by atoms with Crippen molar-refractivity contribution in [3.8, 4) is 0 Å². The molecule has 1 saturated carbocycles. The van der Waals surface area contributed by atoms with Gasteiger partial charge in [-0.3, -0.25) is 4.79 Å². The molecule has 0 bridgehead atoms. The Bertz CT molecular complexity index is 627. The largest absolute Gasteiger partial charge is 0.460 e. The summed E-state index contributed by atoms with van der Waals surface area (Å²) in [5.41, 5.74) is 2.03. The number of rotatable bonds is 6. The fourth-order valence-corrected chi connectivity index (χ4v) is 2.35. The number of carbonyl (C=O) groups is 1. The van der Waals surface area contributed by atoms with Gasteiger partial charge < -0.3 is 10.1 Å². The topological polar surface area (TPSA) is 64.1 Å². The molecule has 3 rings (SSSR count).